The van der Waals surface area contributed by atoms with E-state index in [-0.39, 0.29) is 6.04 Å². The second-order valence-corrected chi connectivity index (χ2v) is 4.67. The summed E-state index contributed by atoms with van der Waals surface area (Å²) >= 11 is 7.27. The molecule has 0 aromatic carbocycles. The topological polar surface area (TPSA) is 52.0 Å². The van der Waals surface area contributed by atoms with Crippen LogP contribution in [0, 0.1) is 0 Å². The van der Waals surface area contributed by atoms with Crippen LogP contribution in [0.25, 0.3) is 10.6 Å². The monoisotopic (exact) mass is 228 g/mol. The van der Waals surface area contributed by atoms with E-state index in [1.54, 1.807) is 6.20 Å². The van der Waals surface area contributed by atoms with E-state index >= 15 is 0 Å². The van der Waals surface area contributed by atoms with Crippen molar-refractivity contribution in [2.45, 2.75) is 13.0 Å². The van der Waals surface area contributed by atoms with Crippen LogP contribution in [0.15, 0.2) is 22.7 Å². The summed E-state index contributed by atoms with van der Waals surface area (Å²) in [7, 11) is 0. The first-order valence-corrected chi connectivity index (χ1v) is 5.33. The third-order valence-corrected chi connectivity index (χ3v) is 2.97. The molecule has 2 N–H and O–H groups in total. The number of rotatable bonds is 2. The summed E-state index contributed by atoms with van der Waals surface area (Å²) in [6, 6.07) is 3.55. The van der Waals surface area contributed by atoms with Gasteiger partial charge in [-0.05, 0) is 19.1 Å². The standard InChI is InChI=1S/C9H9ClN2OS/c1-5(11)9-12-4-6(13-9)7-2-3-8(10)14-7/h2-5H,11H2,1H3. The number of thiophene rings is 1. The van der Waals surface area contributed by atoms with E-state index in [1.807, 2.05) is 19.1 Å². The van der Waals surface area contributed by atoms with Crippen LogP contribution >= 0.6 is 22.9 Å². The van der Waals surface area contributed by atoms with Crippen LogP contribution in [-0.2, 0) is 0 Å². The van der Waals surface area contributed by atoms with Crippen molar-refractivity contribution in [2.24, 2.45) is 5.73 Å². The van der Waals surface area contributed by atoms with Crippen molar-refractivity contribution in [1.82, 2.24) is 4.98 Å². The number of hydrogen-bond donors (Lipinski definition) is 1. The number of nitrogens with zero attached hydrogens (tertiary/aromatic N) is 1. The van der Waals surface area contributed by atoms with E-state index in [0.29, 0.717) is 11.7 Å². The largest absolute Gasteiger partial charge is 0.438 e. The van der Waals surface area contributed by atoms with Gasteiger partial charge < -0.3 is 10.2 Å². The molecule has 3 nitrogen and oxygen atoms in total. The molecule has 5 heteroatoms. The van der Waals surface area contributed by atoms with Crippen molar-refractivity contribution in [3.63, 3.8) is 0 Å². The van der Waals surface area contributed by atoms with Crippen LogP contribution in [-0.4, -0.2) is 4.98 Å². The van der Waals surface area contributed by atoms with E-state index < -0.39 is 0 Å². The number of oxazole rings is 1. The van der Waals surface area contributed by atoms with E-state index in [1.165, 1.54) is 11.3 Å². The zero-order chi connectivity index (χ0) is 10.1. The van der Waals surface area contributed by atoms with Crippen LogP contribution in [0.3, 0.4) is 0 Å². The Morgan fingerprint density at radius 2 is 2.36 bits per heavy atom. The van der Waals surface area contributed by atoms with Crippen LogP contribution in [0.5, 0.6) is 0 Å². The second kappa shape index (κ2) is 3.73. The molecule has 74 valence electrons. The summed E-state index contributed by atoms with van der Waals surface area (Å²) < 4.78 is 6.20. The van der Waals surface area contributed by atoms with Gasteiger partial charge in [-0.3, -0.25) is 0 Å². The quantitative estimate of drug-likeness (QED) is 0.860. The Hall–Kier alpha value is -0.840. The molecule has 0 aliphatic heterocycles. The third-order valence-electron chi connectivity index (χ3n) is 1.73. The van der Waals surface area contributed by atoms with Crippen molar-refractivity contribution in [1.29, 1.82) is 0 Å². The zero-order valence-electron chi connectivity index (χ0n) is 7.53. The maximum absolute atomic E-state index is 5.81. The molecule has 0 bridgehead atoms. The summed E-state index contributed by atoms with van der Waals surface area (Å²) in [5.74, 6) is 1.26. The van der Waals surface area contributed by atoms with Gasteiger partial charge in [0, 0.05) is 0 Å². The number of halogens is 1. The molecule has 2 aromatic heterocycles. The Morgan fingerprint density at radius 3 is 2.86 bits per heavy atom. The average Bonchev–Trinajstić information content (AvgIpc) is 2.70. The molecule has 0 spiro atoms. The minimum absolute atomic E-state index is 0.181. The van der Waals surface area contributed by atoms with E-state index in [2.05, 4.69) is 4.98 Å². The second-order valence-electron chi connectivity index (χ2n) is 2.96. The Bertz CT molecular complexity index is 435. The van der Waals surface area contributed by atoms with Crippen molar-refractivity contribution < 1.29 is 4.42 Å². The fourth-order valence-electron chi connectivity index (χ4n) is 1.06. The molecule has 0 saturated heterocycles. The number of nitrogens with two attached hydrogens (primary N) is 1. The first-order chi connectivity index (χ1) is 6.66. The molecular weight excluding hydrogens is 220 g/mol. The summed E-state index contributed by atoms with van der Waals surface area (Å²) in [6.07, 6.45) is 1.67. The molecule has 14 heavy (non-hydrogen) atoms. The van der Waals surface area contributed by atoms with Gasteiger partial charge in [0.05, 0.1) is 21.5 Å². The van der Waals surface area contributed by atoms with Gasteiger partial charge in [-0.15, -0.1) is 11.3 Å². The highest BCUT2D eigenvalue weighted by Gasteiger charge is 2.10. The van der Waals surface area contributed by atoms with Gasteiger partial charge in [-0.1, -0.05) is 11.6 Å². The molecule has 2 aromatic rings. The van der Waals surface area contributed by atoms with Crippen molar-refractivity contribution >= 4 is 22.9 Å². The van der Waals surface area contributed by atoms with Gasteiger partial charge in [0.15, 0.2) is 5.76 Å². The molecular formula is C9H9ClN2OS. The SMILES string of the molecule is CC(N)c1ncc(-c2ccc(Cl)s2)o1. The third kappa shape index (κ3) is 1.82. The minimum Gasteiger partial charge on any atom is -0.438 e. The fraction of sp³-hybridized carbons (Fsp3) is 0.222. The average molecular weight is 229 g/mol. The van der Waals surface area contributed by atoms with Gasteiger partial charge in [-0.25, -0.2) is 4.98 Å². The van der Waals surface area contributed by atoms with Crippen LogP contribution in [0.1, 0.15) is 18.9 Å². The van der Waals surface area contributed by atoms with Crippen LogP contribution in [0.4, 0.5) is 0 Å². The lowest BCUT2D eigenvalue weighted by atomic mass is 10.4. The van der Waals surface area contributed by atoms with Gasteiger partial charge in [0.2, 0.25) is 5.89 Å². The summed E-state index contributed by atoms with van der Waals surface area (Å²) in [6.45, 7) is 1.83. The Morgan fingerprint density at radius 1 is 1.57 bits per heavy atom. The Kier molecular flexibility index (Phi) is 2.58. The normalized spacial score (nSPS) is 13.1. The Labute approximate surface area is 90.5 Å². The molecule has 0 fully saturated rings. The predicted molar refractivity (Wildman–Crippen MR) is 57.4 cm³/mol. The molecule has 2 heterocycles. The first-order valence-electron chi connectivity index (χ1n) is 4.14. The van der Waals surface area contributed by atoms with Crippen molar-refractivity contribution in [2.75, 3.05) is 0 Å². The number of hydrogen-bond acceptors (Lipinski definition) is 4. The van der Waals surface area contributed by atoms with Gasteiger partial charge >= 0.3 is 0 Å². The molecule has 0 amide bonds. The maximum Gasteiger partial charge on any atom is 0.211 e. The van der Waals surface area contributed by atoms with Crippen LogP contribution in [0.2, 0.25) is 4.34 Å². The summed E-state index contributed by atoms with van der Waals surface area (Å²) in [4.78, 5) is 5.04. The molecule has 0 radical (unpaired) electrons. The van der Waals surface area contributed by atoms with E-state index in [4.69, 9.17) is 21.8 Å². The lowest BCUT2D eigenvalue weighted by Gasteiger charge is -1.95. The smallest absolute Gasteiger partial charge is 0.211 e. The maximum atomic E-state index is 5.81. The van der Waals surface area contributed by atoms with E-state index in [9.17, 15) is 0 Å². The van der Waals surface area contributed by atoms with Crippen molar-refractivity contribution in [3.05, 3.63) is 28.6 Å². The van der Waals surface area contributed by atoms with E-state index in [0.717, 1.165) is 9.21 Å². The van der Waals surface area contributed by atoms with Crippen molar-refractivity contribution in [3.8, 4) is 10.6 Å². The first kappa shape index (κ1) is 9.71. The highest BCUT2D eigenvalue weighted by Crippen LogP contribution is 2.31. The molecule has 1 atom stereocenters. The van der Waals surface area contributed by atoms with Gasteiger partial charge in [0.1, 0.15) is 0 Å². The number of aromatic nitrogens is 1. The molecule has 0 aliphatic carbocycles. The summed E-state index contributed by atoms with van der Waals surface area (Å²) in [5.41, 5.74) is 5.63. The Balaban J connectivity index is 2.33. The van der Waals surface area contributed by atoms with Gasteiger partial charge in [-0.2, -0.15) is 0 Å². The van der Waals surface area contributed by atoms with Gasteiger partial charge in [0.25, 0.3) is 0 Å². The lowest BCUT2D eigenvalue weighted by Crippen LogP contribution is -2.04. The highest BCUT2D eigenvalue weighted by atomic mass is 35.5. The predicted octanol–water partition coefficient (Wildman–Crippen LogP) is 3.08. The fourth-order valence-corrected chi connectivity index (χ4v) is 2.05. The minimum atomic E-state index is -0.181. The summed E-state index contributed by atoms with van der Waals surface area (Å²) in [5, 5.41) is 0. The lowest BCUT2D eigenvalue weighted by molar-refractivity contribution is 0.474. The van der Waals surface area contributed by atoms with Crippen LogP contribution < -0.4 is 5.73 Å². The molecule has 2 rings (SSSR count). The molecule has 0 aliphatic rings. The molecule has 1 unspecified atom stereocenters. The highest BCUT2D eigenvalue weighted by molar-refractivity contribution is 7.19. The zero-order valence-corrected chi connectivity index (χ0v) is 9.10. The molecule has 0 saturated carbocycles.